The highest BCUT2D eigenvalue weighted by molar-refractivity contribution is 7.99. The molecular weight excluding hydrogens is 360 g/mol. The van der Waals surface area contributed by atoms with Crippen molar-refractivity contribution in [3.8, 4) is 5.75 Å². The van der Waals surface area contributed by atoms with E-state index in [4.69, 9.17) is 16.3 Å². The van der Waals surface area contributed by atoms with Gasteiger partial charge in [-0.05, 0) is 52.9 Å². The maximum atomic E-state index is 6.28. The number of hydrogen-bond acceptors (Lipinski definition) is 2. The van der Waals surface area contributed by atoms with E-state index in [9.17, 15) is 0 Å². The van der Waals surface area contributed by atoms with Crippen LogP contribution in [0.1, 0.15) is 34.8 Å². The molecule has 0 aromatic heterocycles. The van der Waals surface area contributed by atoms with Crippen LogP contribution in [0.25, 0.3) is 0 Å². The lowest BCUT2D eigenvalue weighted by molar-refractivity contribution is 0.414. The number of halogens is 1. The maximum Gasteiger partial charge on any atom is 0.118 e. The summed E-state index contributed by atoms with van der Waals surface area (Å²) in [6, 6.07) is 25.6. The maximum absolute atomic E-state index is 6.28. The molecule has 0 fully saturated rings. The minimum atomic E-state index is 0.349. The molecule has 1 aliphatic heterocycles. The number of benzene rings is 3. The van der Waals surface area contributed by atoms with Gasteiger partial charge in [-0.1, -0.05) is 61.0 Å². The smallest absolute Gasteiger partial charge is 0.118 e. The molecule has 132 valence electrons. The number of hydrogen-bond donors (Lipinski definition) is 0. The van der Waals surface area contributed by atoms with E-state index in [0.717, 1.165) is 10.8 Å². The van der Waals surface area contributed by atoms with Crippen molar-refractivity contribution in [1.82, 2.24) is 0 Å². The molecule has 0 radical (unpaired) electrons. The van der Waals surface area contributed by atoms with Gasteiger partial charge in [-0.2, -0.15) is 0 Å². The standard InChI is InChI=1S/C23H21ClOS/c1-15-22(16-10-12-19(25-2)13-11-16)20-8-3-4-9-21(20)26-23(15)17-6-5-7-18(24)14-17/h3-15,22-23H,1-2H3. The van der Waals surface area contributed by atoms with E-state index in [1.807, 2.05) is 23.9 Å². The topological polar surface area (TPSA) is 9.23 Å². The van der Waals surface area contributed by atoms with Crippen molar-refractivity contribution in [1.29, 1.82) is 0 Å². The van der Waals surface area contributed by atoms with E-state index in [1.165, 1.54) is 21.6 Å². The van der Waals surface area contributed by atoms with Gasteiger partial charge in [0.1, 0.15) is 5.75 Å². The van der Waals surface area contributed by atoms with E-state index in [0.29, 0.717) is 17.1 Å². The van der Waals surface area contributed by atoms with Gasteiger partial charge in [-0.25, -0.2) is 0 Å². The Morgan fingerprint density at radius 3 is 2.38 bits per heavy atom. The summed E-state index contributed by atoms with van der Waals surface area (Å²) < 4.78 is 5.34. The molecule has 3 aromatic rings. The van der Waals surface area contributed by atoms with Crippen molar-refractivity contribution in [2.75, 3.05) is 7.11 Å². The minimum Gasteiger partial charge on any atom is -0.497 e. The molecular formula is C23H21ClOS. The van der Waals surface area contributed by atoms with Crippen LogP contribution in [-0.4, -0.2) is 7.11 Å². The lowest BCUT2D eigenvalue weighted by Gasteiger charge is -2.38. The Morgan fingerprint density at radius 2 is 1.65 bits per heavy atom. The monoisotopic (exact) mass is 380 g/mol. The quantitative estimate of drug-likeness (QED) is 0.485. The molecule has 4 rings (SSSR count). The number of methoxy groups -OCH3 is 1. The van der Waals surface area contributed by atoms with Gasteiger partial charge in [0.25, 0.3) is 0 Å². The van der Waals surface area contributed by atoms with Crippen LogP contribution >= 0.6 is 23.4 Å². The van der Waals surface area contributed by atoms with Crippen LogP contribution in [0, 0.1) is 5.92 Å². The third-order valence-corrected chi connectivity index (χ3v) is 6.98. The fraction of sp³-hybridized carbons (Fsp3) is 0.217. The Morgan fingerprint density at radius 1 is 0.885 bits per heavy atom. The predicted octanol–water partition coefficient (Wildman–Crippen LogP) is 6.96. The van der Waals surface area contributed by atoms with Gasteiger partial charge < -0.3 is 4.74 Å². The lowest BCUT2D eigenvalue weighted by atomic mass is 9.78. The fourth-order valence-electron chi connectivity index (χ4n) is 3.90. The van der Waals surface area contributed by atoms with E-state index < -0.39 is 0 Å². The Labute approximate surface area is 164 Å². The first-order valence-electron chi connectivity index (χ1n) is 8.82. The van der Waals surface area contributed by atoms with E-state index in [1.54, 1.807) is 7.11 Å². The Balaban J connectivity index is 1.80. The Bertz CT molecular complexity index is 906. The molecule has 0 aliphatic carbocycles. The largest absolute Gasteiger partial charge is 0.497 e. The Kier molecular flexibility index (Phi) is 4.97. The number of rotatable bonds is 3. The molecule has 3 heteroatoms. The molecule has 0 N–H and O–H groups in total. The van der Waals surface area contributed by atoms with Gasteiger partial charge in [-0.15, -0.1) is 11.8 Å². The van der Waals surface area contributed by atoms with Crippen molar-refractivity contribution in [3.05, 3.63) is 94.5 Å². The van der Waals surface area contributed by atoms with E-state index in [2.05, 4.69) is 67.6 Å². The first-order valence-corrected chi connectivity index (χ1v) is 10.1. The summed E-state index contributed by atoms with van der Waals surface area (Å²) in [6.07, 6.45) is 0. The van der Waals surface area contributed by atoms with Gasteiger partial charge in [0.2, 0.25) is 0 Å². The molecule has 0 saturated heterocycles. The first-order chi connectivity index (χ1) is 12.7. The van der Waals surface area contributed by atoms with Gasteiger partial charge >= 0.3 is 0 Å². The summed E-state index contributed by atoms with van der Waals surface area (Å²) in [4.78, 5) is 1.36. The van der Waals surface area contributed by atoms with Crippen LogP contribution in [-0.2, 0) is 0 Å². The molecule has 1 heterocycles. The van der Waals surface area contributed by atoms with Crippen molar-refractivity contribution in [2.45, 2.75) is 23.0 Å². The summed E-state index contributed by atoms with van der Waals surface area (Å²) in [5.41, 5.74) is 4.04. The third kappa shape index (κ3) is 3.24. The van der Waals surface area contributed by atoms with E-state index in [-0.39, 0.29) is 0 Å². The molecule has 3 aromatic carbocycles. The van der Waals surface area contributed by atoms with Crippen LogP contribution in [0.15, 0.2) is 77.7 Å². The number of fused-ring (bicyclic) bond motifs is 1. The lowest BCUT2D eigenvalue weighted by Crippen LogP contribution is -2.22. The molecule has 0 amide bonds. The molecule has 1 aliphatic rings. The van der Waals surface area contributed by atoms with Crippen molar-refractivity contribution < 1.29 is 4.74 Å². The Hall–Kier alpha value is -1.90. The highest BCUT2D eigenvalue weighted by Crippen LogP contribution is 2.55. The van der Waals surface area contributed by atoms with Crippen molar-refractivity contribution in [3.63, 3.8) is 0 Å². The third-order valence-electron chi connectivity index (χ3n) is 5.16. The summed E-state index contributed by atoms with van der Waals surface area (Å²) >= 11 is 8.23. The first kappa shape index (κ1) is 17.5. The zero-order chi connectivity index (χ0) is 18.1. The van der Waals surface area contributed by atoms with Crippen LogP contribution < -0.4 is 4.74 Å². The molecule has 0 saturated carbocycles. The summed E-state index contributed by atoms with van der Waals surface area (Å²) in [6.45, 7) is 2.35. The second kappa shape index (κ2) is 7.38. The van der Waals surface area contributed by atoms with Crippen LogP contribution in [0.5, 0.6) is 5.75 Å². The molecule has 26 heavy (non-hydrogen) atoms. The highest BCUT2D eigenvalue weighted by atomic mass is 35.5. The number of ether oxygens (including phenoxy) is 1. The summed E-state index contributed by atoms with van der Waals surface area (Å²) in [7, 11) is 1.71. The number of thioether (sulfide) groups is 1. The van der Waals surface area contributed by atoms with Crippen LogP contribution in [0.3, 0.4) is 0 Å². The van der Waals surface area contributed by atoms with Crippen LogP contribution in [0.4, 0.5) is 0 Å². The summed E-state index contributed by atoms with van der Waals surface area (Å²) in [5.74, 6) is 1.69. The molecule has 1 nitrogen and oxygen atoms in total. The van der Waals surface area contributed by atoms with Crippen molar-refractivity contribution >= 4 is 23.4 Å². The summed E-state index contributed by atoms with van der Waals surface area (Å²) in [5, 5.41) is 1.17. The second-order valence-electron chi connectivity index (χ2n) is 6.74. The highest BCUT2D eigenvalue weighted by Gasteiger charge is 2.36. The van der Waals surface area contributed by atoms with E-state index >= 15 is 0 Å². The SMILES string of the molecule is COc1ccc(C2c3ccccc3SC(c3cccc(Cl)c3)C2C)cc1. The molecule has 0 spiro atoms. The average molecular weight is 381 g/mol. The van der Waals surface area contributed by atoms with Crippen LogP contribution in [0.2, 0.25) is 5.02 Å². The minimum absolute atomic E-state index is 0.349. The van der Waals surface area contributed by atoms with Gasteiger partial charge in [0, 0.05) is 21.1 Å². The molecule has 3 unspecified atom stereocenters. The van der Waals surface area contributed by atoms with Crippen molar-refractivity contribution in [2.24, 2.45) is 5.92 Å². The zero-order valence-electron chi connectivity index (χ0n) is 14.9. The van der Waals surface area contributed by atoms with Gasteiger partial charge in [-0.3, -0.25) is 0 Å². The zero-order valence-corrected chi connectivity index (χ0v) is 16.4. The van der Waals surface area contributed by atoms with Gasteiger partial charge in [0.05, 0.1) is 7.11 Å². The molecule has 3 atom stereocenters. The predicted molar refractivity (Wildman–Crippen MR) is 110 cm³/mol. The molecule has 0 bridgehead atoms. The fourth-order valence-corrected chi connectivity index (χ4v) is 5.51. The normalized spacial score (nSPS) is 21.9. The van der Waals surface area contributed by atoms with Gasteiger partial charge in [0.15, 0.2) is 0 Å². The second-order valence-corrected chi connectivity index (χ2v) is 8.36. The average Bonchev–Trinajstić information content (AvgIpc) is 2.68.